The first-order valence-electron chi connectivity index (χ1n) is 3.74. The first-order valence-corrected chi connectivity index (χ1v) is 3.74. The van der Waals surface area contributed by atoms with E-state index in [4.69, 9.17) is 0 Å². The number of hydrogen-bond donors (Lipinski definition) is 1. The number of allylic oxidation sites excluding steroid dienone is 1. The minimum absolute atomic E-state index is 1.12. The second-order valence-corrected chi connectivity index (χ2v) is 2.45. The number of piperidine rings is 1. The molecule has 1 saturated heterocycles. The van der Waals surface area contributed by atoms with Gasteiger partial charge in [0.05, 0.1) is 0 Å². The maximum atomic E-state index is 3.30. The van der Waals surface area contributed by atoms with Crippen LogP contribution in [-0.2, 0) is 0 Å². The van der Waals surface area contributed by atoms with Crippen molar-refractivity contribution in [2.45, 2.75) is 19.8 Å². The Bertz CT molecular complexity index is 173. The molecule has 1 heterocycles. The zero-order chi connectivity index (χ0) is 7.23. The molecule has 0 spiro atoms. The van der Waals surface area contributed by atoms with Gasteiger partial charge in [0.2, 0.25) is 0 Å². The zero-order valence-corrected chi connectivity index (χ0v) is 6.41. The summed E-state index contributed by atoms with van der Waals surface area (Å²) in [6, 6.07) is 0. The number of nitrogens with one attached hydrogen (secondary N) is 1. The predicted molar refractivity (Wildman–Crippen MR) is 43.6 cm³/mol. The lowest BCUT2D eigenvalue weighted by atomic mass is 10.1. The average Bonchev–Trinajstić information content (AvgIpc) is 2.03. The third-order valence-corrected chi connectivity index (χ3v) is 1.67. The van der Waals surface area contributed by atoms with E-state index in [1.807, 2.05) is 6.92 Å². The zero-order valence-electron chi connectivity index (χ0n) is 6.41. The lowest BCUT2D eigenvalue weighted by Crippen LogP contribution is -2.22. The molecule has 10 heavy (non-hydrogen) atoms. The van der Waals surface area contributed by atoms with Crippen molar-refractivity contribution in [1.82, 2.24) is 5.32 Å². The Labute approximate surface area is 62.5 Å². The maximum Gasteiger partial charge on any atom is -0.00111 e. The van der Waals surface area contributed by atoms with E-state index in [9.17, 15) is 0 Å². The normalized spacial score (nSPS) is 17.5. The highest BCUT2D eigenvalue weighted by molar-refractivity contribution is 5.21. The van der Waals surface area contributed by atoms with Crippen LogP contribution in [0, 0.1) is 11.8 Å². The van der Waals surface area contributed by atoms with E-state index in [1.54, 1.807) is 0 Å². The fraction of sp³-hybridized carbons (Fsp3) is 0.556. The van der Waals surface area contributed by atoms with E-state index >= 15 is 0 Å². The molecule has 0 atom stereocenters. The monoisotopic (exact) mass is 135 g/mol. The van der Waals surface area contributed by atoms with Crippen molar-refractivity contribution >= 4 is 0 Å². The highest BCUT2D eigenvalue weighted by Crippen LogP contribution is 2.08. The van der Waals surface area contributed by atoms with Gasteiger partial charge in [0, 0.05) is 0 Å². The molecule has 0 amide bonds. The fourth-order valence-electron chi connectivity index (χ4n) is 1.07. The van der Waals surface area contributed by atoms with Crippen molar-refractivity contribution in [3.63, 3.8) is 0 Å². The second kappa shape index (κ2) is 4.14. The smallest absolute Gasteiger partial charge is 0.00111 e. The molecular weight excluding hydrogens is 122 g/mol. The van der Waals surface area contributed by atoms with E-state index in [0.29, 0.717) is 0 Å². The van der Waals surface area contributed by atoms with E-state index < -0.39 is 0 Å². The average molecular weight is 135 g/mol. The summed E-state index contributed by atoms with van der Waals surface area (Å²) >= 11 is 0. The van der Waals surface area contributed by atoms with Crippen LogP contribution >= 0.6 is 0 Å². The van der Waals surface area contributed by atoms with Gasteiger partial charge in [0.15, 0.2) is 0 Å². The minimum atomic E-state index is 1.12. The molecule has 1 rings (SSSR count). The molecule has 0 aromatic rings. The molecule has 0 aromatic carbocycles. The summed E-state index contributed by atoms with van der Waals surface area (Å²) in [4.78, 5) is 0. The highest BCUT2D eigenvalue weighted by atomic mass is 14.9. The Morgan fingerprint density at radius 1 is 1.40 bits per heavy atom. The fourth-order valence-corrected chi connectivity index (χ4v) is 1.07. The summed E-state index contributed by atoms with van der Waals surface area (Å²) in [6.07, 6.45) is 4.41. The van der Waals surface area contributed by atoms with Gasteiger partial charge in [0.25, 0.3) is 0 Å². The molecule has 1 aliphatic rings. The molecule has 0 saturated carbocycles. The third-order valence-electron chi connectivity index (χ3n) is 1.67. The van der Waals surface area contributed by atoms with Gasteiger partial charge in [-0.15, -0.1) is 5.92 Å². The van der Waals surface area contributed by atoms with Gasteiger partial charge in [0.1, 0.15) is 0 Å². The van der Waals surface area contributed by atoms with Gasteiger partial charge in [-0.2, -0.15) is 0 Å². The van der Waals surface area contributed by atoms with Crippen LogP contribution in [-0.4, -0.2) is 13.1 Å². The summed E-state index contributed by atoms with van der Waals surface area (Å²) in [5.74, 6) is 5.85. The van der Waals surface area contributed by atoms with E-state index in [0.717, 1.165) is 13.1 Å². The Hall–Kier alpha value is -0.740. The van der Waals surface area contributed by atoms with Crippen molar-refractivity contribution < 1.29 is 0 Å². The van der Waals surface area contributed by atoms with Gasteiger partial charge in [-0.1, -0.05) is 11.5 Å². The van der Waals surface area contributed by atoms with Crippen LogP contribution in [0.25, 0.3) is 0 Å². The van der Waals surface area contributed by atoms with Gasteiger partial charge in [-0.25, -0.2) is 0 Å². The summed E-state index contributed by atoms with van der Waals surface area (Å²) in [7, 11) is 0. The summed E-state index contributed by atoms with van der Waals surface area (Å²) in [5, 5.41) is 3.30. The van der Waals surface area contributed by atoms with Crippen molar-refractivity contribution in [3.05, 3.63) is 11.6 Å². The summed E-state index contributed by atoms with van der Waals surface area (Å²) < 4.78 is 0. The first kappa shape index (κ1) is 7.37. The third kappa shape index (κ3) is 2.24. The van der Waals surface area contributed by atoms with Crippen LogP contribution in [0.2, 0.25) is 0 Å². The molecular formula is C9H13N. The van der Waals surface area contributed by atoms with Crippen molar-refractivity contribution in [2.24, 2.45) is 0 Å². The standard InChI is InChI=1S/C9H13N/c1-2-3-4-9-5-7-10-8-6-9/h4,10H,5-8H2,1H3. The summed E-state index contributed by atoms with van der Waals surface area (Å²) in [5.41, 5.74) is 1.49. The van der Waals surface area contributed by atoms with Gasteiger partial charge < -0.3 is 5.32 Å². The van der Waals surface area contributed by atoms with Crippen LogP contribution in [0.1, 0.15) is 19.8 Å². The van der Waals surface area contributed by atoms with Crippen LogP contribution in [0.5, 0.6) is 0 Å². The topological polar surface area (TPSA) is 12.0 Å². The summed E-state index contributed by atoms with van der Waals surface area (Å²) in [6.45, 7) is 4.12. The Balaban J connectivity index is 2.42. The second-order valence-electron chi connectivity index (χ2n) is 2.45. The number of rotatable bonds is 0. The lowest BCUT2D eigenvalue weighted by Gasteiger charge is -2.13. The van der Waals surface area contributed by atoms with E-state index in [2.05, 4.69) is 23.2 Å². The van der Waals surface area contributed by atoms with E-state index in [1.165, 1.54) is 18.4 Å². The molecule has 0 radical (unpaired) electrons. The molecule has 1 aliphatic heterocycles. The molecule has 0 aliphatic carbocycles. The Morgan fingerprint density at radius 2 is 2.10 bits per heavy atom. The molecule has 0 aromatic heterocycles. The molecule has 1 nitrogen and oxygen atoms in total. The van der Waals surface area contributed by atoms with Crippen LogP contribution < -0.4 is 5.32 Å². The Morgan fingerprint density at radius 3 is 2.70 bits per heavy atom. The molecule has 0 unspecified atom stereocenters. The maximum absolute atomic E-state index is 3.30. The minimum Gasteiger partial charge on any atom is -0.316 e. The first-order chi connectivity index (χ1) is 4.93. The van der Waals surface area contributed by atoms with Crippen LogP contribution in [0.4, 0.5) is 0 Å². The highest BCUT2D eigenvalue weighted by Gasteiger charge is 2.01. The lowest BCUT2D eigenvalue weighted by molar-refractivity contribution is 0.610. The number of hydrogen-bond acceptors (Lipinski definition) is 1. The quantitative estimate of drug-likeness (QED) is 0.494. The van der Waals surface area contributed by atoms with Crippen LogP contribution in [0.3, 0.4) is 0 Å². The molecule has 0 bridgehead atoms. The van der Waals surface area contributed by atoms with Crippen molar-refractivity contribution in [3.8, 4) is 11.8 Å². The molecule has 1 heteroatoms. The molecule has 1 N–H and O–H groups in total. The largest absolute Gasteiger partial charge is 0.316 e. The van der Waals surface area contributed by atoms with Crippen molar-refractivity contribution in [2.75, 3.05) is 13.1 Å². The predicted octanol–water partition coefficient (Wildman–Crippen LogP) is 1.32. The van der Waals surface area contributed by atoms with E-state index in [-0.39, 0.29) is 0 Å². The van der Waals surface area contributed by atoms with Crippen LogP contribution in [0.15, 0.2) is 11.6 Å². The van der Waals surface area contributed by atoms with Gasteiger partial charge in [-0.3, -0.25) is 0 Å². The molecule has 54 valence electrons. The van der Waals surface area contributed by atoms with Gasteiger partial charge >= 0.3 is 0 Å². The SMILES string of the molecule is CC#CC=C1CCNCC1. The van der Waals surface area contributed by atoms with Crippen molar-refractivity contribution in [1.29, 1.82) is 0 Å². The van der Waals surface area contributed by atoms with Gasteiger partial charge in [-0.05, 0) is 38.9 Å². The molecule has 1 fully saturated rings. The Kier molecular flexibility index (Phi) is 3.05.